The highest BCUT2D eigenvalue weighted by Crippen LogP contribution is 2.38. The molecule has 3 aromatic rings. The summed E-state index contributed by atoms with van der Waals surface area (Å²) >= 11 is 5.84. The lowest BCUT2D eigenvalue weighted by atomic mass is 10.1. The highest BCUT2D eigenvalue weighted by atomic mass is 35.5. The summed E-state index contributed by atoms with van der Waals surface area (Å²) in [6.07, 6.45) is -1.36. The molecule has 1 aliphatic rings. The second kappa shape index (κ2) is 7.42. The van der Waals surface area contributed by atoms with Gasteiger partial charge in [0.15, 0.2) is 0 Å². The molecule has 4 rings (SSSR count). The fourth-order valence-electron chi connectivity index (χ4n) is 3.34. The first kappa shape index (κ1) is 21.3. The van der Waals surface area contributed by atoms with Gasteiger partial charge in [-0.05, 0) is 32.0 Å². The molecule has 154 valence electrons. The number of nitrogens with zero attached hydrogens (tertiary/aromatic N) is 4. The van der Waals surface area contributed by atoms with Crippen LogP contribution in [0.3, 0.4) is 0 Å². The summed E-state index contributed by atoms with van der Waals surface area (Å²) in [5, 5.41) is 3.86. The van der Waals surface area contributed by atoms with Gasteiger partial charge in [0.25, 0.3) is 5.91 Å². The Bertz CT molecular complexity index is 1080. The van der Waals surface area contributed by atoms with E-state index in [4.69, 9.17) is 11.6 Å². The van der Waals surface area contributed by atoms with Crippen LogP contribution in [0.1, 0.15) is 34.8 Å². The fourth-order valence-corrected chi connectivity index (χ4v) is 3.62. The van der Waals surface area contributed by atoms with Crippen molar-refractivity contribution >= 4 is 36.7 Å². The van der Waals surface area contributed by atoms with Crippen LogP contribution in [-0.4, -0.2) is 32.2 Å². The third-order valence-electron chi connectivity index (χ3n) is 4.67. The predicted octanol–water partition coefficient (Wildman–Crippen LogP) is 4.59. The van der Waals surface area contributed by atoms with Gasteiger partial charge >= 0.3 is 6.18 Å². The lowest BCUT2D eigenvalue weighted by Gasteiger charge is -2.32. The number of aryl methyl sites for hydroxylation is 1. The molecular formula is C18H17ClF3N5OS. The number of hydrogen-bond acceptors (Lipinski definition) is 3. The maximum absolute atomic E-state index is 13.2. The number of nitrogens with one attached hydrogen (secondary N) is 1. The number of carbonyl (C=O) groups is 1. The summed E-state index contributed by atoms with van der Waals surface area (Å²) in [5.74, 6) is 0.325. The van der Waals surface area contributed by atoms with Crippen molar-refractivity contribution in [2.45, 2.75) is 26.1 Å². The molecule has 11 heteroatoms. The van der Waals surface area contributed by atoms with Gasteiger partial charge in [0.1, 0.15) is 11.5 Å². The van der Waals surface area contributed by atoms with Crippen molar-refractivity contribution in [2.75, 3.05) is 11.4 Å². The van der Waals surface area contributed by atoms with E-state index in [-0.39, 0.29) is 32.0 Å². The number of benzene rings is 1. The van der Waals surface area contributed by atoms with E-state index in [1.54, 1.807) is 24.0 Å². The van der Waals surface area contributed by atoms with E-state index in [0.29, 0.717) is 28.5 Å². The summed E-state index contributed by atoms with van der Waals surface area (Å²) in [4.78, 5) is 21.8. The van der Waals surface area contributed by atoms with E-state index < -0.39 is 16.8 Å². The third-order valence-corrected chi connectivity index (χ3v) is 4.98. The van der Waals surface area contributed by atoms with E-state index in [1.165, 1.54) is 17.0 Å². The van der Waals surface area contributed by atoms with E-state index >= 15 is 0 Å². The Labute approximate surface area is 176 Å². The topological polar surface area (TPSA) is 66.8 Å². The molecule has 2 aromatic heterocycles. The zero-order valence-corrected chi connectivity index (χ0v) is 17.1. The van der Waals surface area contributed by atoms with Crippen molar-refractivity contribution in [3.63, 3.8) is 0 Å². The monoisotopic (exact) mass is 443 g/mol. The maximum Gasteiger partial charge on any atom is 0.417 e. The van der Waals surface area contributed by atoms with Gasteiger partial charge in [-0.2, -0.15) is 31.8 Å². The summed E-state index contributed by atoms with van der Waals surface area (Å²) in [6, 6.07) is 3.14. The number of anilines is 1. The summed E-state index contributed by atoms with van der Waals surface area (Å²) in [7, 11) is 0. The molecule has 0 unspecified atom stereocenters. The minimum absolute atomic E-state index is 0. The Hall–Kier alpha value is -2.46. The number of aromatic nitrogens is 4. The first-order valence-electron chi connectivity index (χ1n) is 8.45. The molecule has 0 saturated heterocycles. The molecule has 29 heavy (non-hydrogen) atoms. The van der Waals surface area contributed by atoms with E-state index in [2.05, 4.69) is 15.1 Å². The minimum atomic E-state index is -4.56. The quantitative estimate of drug-likeness (QED) is 0.630. The van der Waals surface area contributed by atoms with Crippen LogP contribution in [0, 0.1) is 6.92 Å². The van der Waals surface area contributed by atoms with Crippen LogP contribution in [0.25, 0.3) is 11.3 Å². The van der Waals surface area contributed by atoms with Gasteiger partial charge in [0, 0.05) is 12.2 Å². The molecule has 1 aliphatic heterocycles. The van der Waals surface area contributed by atoms with Gasteiger partial charge in [0.05, 0.1) is 40.3 Å². The normalized spacial score (nSPS) is 16.6. The second-order valence-electron chi connectivity index (χ2n) is 6.66. The molecule has 0 bridgehead atoms. The number of halogens is 4. The third kappa shape index (κ3) is 3.62. The number of carbonyl (C=O) groups excluding carboxylic acids is 1. The SMILES string of the molecule is Cc1ncc(-c2cnn3c2C(=O)N(c2ccc(C(F)(F)F)c(Cl)c2)C[C@@H]3C)[nH]1.S. The van der Waals surface area contributed by atoms with Crippen LogP contribution in [-0.2, 0) is 6.18 Å². The van der Waals surface area contributed by atoms with Crippen LogP contribution < -0.4 is 4.90 Å². The average molecular weight is 444 g/mol. The molecule has 0 radical (unpaired) electrons. The Kier molecular flexibility index (Phi) is 5.44. The molecule has 0 spiro atoms. The van der Waals surface area contributed by atoms with Crippen LogP contribution in [0.2, 0.25) is 5.02 Å². The van der Waals surface area contributed by atoms with Gasteiger partial charge in [-0.1, -0.05) is 11.6 Å². The summed E-state index contributed by atoms with van der Waals surface area (Å²) in [5.41, 5.74) is 0.938. The Morgan fingerprint density at radius 1 is 1.28 bits per heavy atom. The molecule has 0 fully saturated rings. The zero-order valence-electron chi connectivity index (χ0n) is 15.4. The van der Waals surface area contributed by atoms with Gasteiger partial charge in [-0.3, -0.25) is 9.48 Å². The van der Waals surface area contributed by atoms with Gasteiger partial charge in [0.2, 0.25) is 0 Å². The number of amides is 1. The van der Waals surface area contributed by atoms with Crippen molar-refractivity contribution < 1.29 is 18.0 Å². The van der Waals surface area contributed by atoms with Crippen LogP contribution >= 0.6 is 25.1 Å². The smallest absolute Gasteiger partial charge is 0.342 e. The summed E-state index contributed by atoms with van der Waals surface area (Å²) < 4.78 is 40.5. The van der Waals surface area contributed by atoms with E-state index in [0.717, 1.165) is 6.07 Å². The number of hydrogen-bond donors (Lipinski definition) is 1. The molecule has 1 N–H and O–H groups in total. The van der Waals surface area contributed by atoms with Crippen molar-refractivity contribution in [3.05, 3.63) is 52.7 Å². The maximum atomic E-state index is 13.2. The average Bonchev–Trinajstić information content (AvgIpc) is 3.23. The lowest BCUT2D eigenvalue weighted by molar-refractivity contribution is -0.137. The number of H-pyrrole nitrogens is 1. The molecule has 1 atom stereocenters. The molecule has 0 aliphatic carbocycles. The highest BCUT2D eigenvalue weighted by Gasteiger charge is 2.36. The Morgan fingerprint density at radius 2 is 2.00 bits per heavy atom. The first-order valence-corrected chi connectivity index (χ1v) is 8.82. The second-order valence-corrected chi connectivity index (χ2v) is 7.07. The number of aromatic amines is 1. The zero-order chi connectivity index (χ0) is 20.2. The summed E-state index contributed by atoms with van der Waals surface area (Å²) in [6.45, 7) is 3.93. The molecule has 6 nitrogen and oxygen atoms in total. The standard InChI is InChI=1S/C18H15ClF3N5O.H2S/c1-9-8-26(11-3-4-13(14(19)5-11)18(20,21)22)17(28)16-12(6-24-27(9)16)15-7-23-10(2)25-15;/h3-7,9H,8H2,1-2H3,(H,23,25);1H2/t9-;/m0./s1. The number of imidazole rings is 1. The molecule has 1 aromatic carbocycles. The Morgan fingerprint density at radius 3 is 2.59 bits per heavy atom. The van der Waals surface area contributed by atoms with Gasteiger partial charge < -0.3 is 9.88 Å². The first-order chi connectivity index (χ1) is 13.2. The van der Waals surface area contributed by atoms with Crippen molar-refractivity contribution in [1.82, 2.24) is 19.7 Å². The number of rotatable bonds is 2. The molecular weight excluding hydrogens is 427 g/mol. The van der Waals surface area contributed by atoms with E-state index in [9.17, 15) is 18.0 Å². The van der Waals surface area contributed by atoms with Crippen molar-refractivity contribution in [1.29, 1.82) is 0 Å². The lowest BCUT2D eigenvalue weighted by Crippen LogP contribution is -2.42. The minimum Gasteiger partial charge on any atom is -0.342 e. The van der Waals surface area contributed by atoms with Gasteiger partial charge in [-0.25, -0.2) is 4.98 Å². The van der Waals surface area contributed by atoms with Crippen molar-refractivity contribution in [2.24, 2.45) is 0 Å². The fraction of sp³-hybridized carbons (Fsp3) is 0.278. The van der Waals surface area contributed by atoms with Gasteiger partial charge in [-0.15, -0.1) is 0 Å². The van der Waals surface area contributed by atoms with Crippen LogP contribution in [0.15, 0.2) is 30.6 Å². The largest absolute Gasteiger partial charge is 0.417 e. The molecule has 3 heterocycles. The van der Waals surface area contributed by atoms with Crippen LogP contribution in [0.5, 0.6) is 0 Å². The highest BCUT2D eigenvalue weighted by molar-refractivity contribution is 7.59. The van der Waals surface area contributed by atoms with Crippen molar-refractivity contribution in [3.8, 4) is 11.3 Å². The molecule has 1 amide bonds. The van der Waals surface area contributed by atoms with E-state index in [1.807, 2.05) is 6.92 Å². The Balaban J connectivity index is 0.00000240. The van der Waals surface area contributed by atoms with Crippen LogP contribution in [0.4, 0.5) is 18.9 Å². The molecule has 0 saturated carbocycles. The number of fused-ring (bicyclic) bond motifs is 1. The number of alkyl halides is 3. The predicted molar refractivity (Wildman–Crippen MR) is 108 cm³/mol.